The van der Waals surface area contributed by atoms with Crippen LogP contribution < -0.4 is 16.2 Å². The van der Waals surface area contributed by atoms with E-state index in [-0.39, 0.29) is 30.6 Å². The lowest BCUT2D eigenvalue weighted by molar-refractivity contribution is 0.498. The van der Waals surface area contributed by atoms with E-state index in [4.69, 9.17) is 5.73 Å². The zero-order valence-electron chi connectivity index (χ0n) is 22.1. The molecule has 1 fully saturated rings. The van der Waals surface area contributed by atoms with Gasteiger partial charge in [0.25, 0.3) is 5.56 Å². The van der Waals surface area contributed by atoms with Crippen molar-refractivity contribution in [3.63, 3.8) is 0 Å². The van der Waals surface area contributed by atoms with Gasteiger partial charge in [-0.2, -0.15) is 5.26 Å². The van der Waals surface area contributed by atoms with E-state index in [1.54, 1.807) is 10.8 Å². The van der Waals surface area contributed by atoms with Crippen LogP contribution >= 0.6 is 12.4 Å². The first-order valence-electron chi connectivity index (χ1n) is 13.2. The molecule has 5 aromatic rings. The molecule has 1 unspecified atom stereocenters. The van der Waals surface area contributed by atoms with Crippen molar-refractivity contribution in [2.45, 2.75) is 38.5 Å². The third-order valence-corrected chi connectivity index (χ3v) is 7.36. The molecule has 0 amide bonds. The number of nitrogens with zero attached hydrogens (tertiary/aromatic N) is 7. The first-order valence-corrected chi connectivity index (χ1v) is 13.2. The summed E-state index contributed by atoms with van der Waals surface area (Å²) in [6, 6.07) is 22.5. The van der Waals surface area contributed by atoms with Gasteiger partial charge in [0.15, 0.2) is 0 Å². The lowest BCUT2D eigenvalue weighted by atomic mass is 10.1. The van der Waals surface area contributed by atoms with Crippen LogP contribution in [0.3, 0.4) is 0 Å². The Labute approximate surface area is 238 Å². The molecule has 0 spiro atoms. The molecule has 1 aliphatic heterocycles. The maximum absolute atomic E-state index is 14.1. The fraction of sp³-hybridized carbons (Fsp3) is 0.267. The number of fused-ring (bicyclic) bond motifs is 1. The van der Waals surface area contributed by atoms with Crippen molar-refractivity contribution in [2.24, 2.45) is 5.73 Å². The van der Waals surface area contributed by atoms with Crippen LogP contribution in [0.1, 0.15) is 35.4 Å². The van der Waals surface area contributed by atoms with Crippen LogP contribution in [-0.2, 0) is 19.6 Å². The highest BCUT2D eigenvalue weighted by Gasteiger charge is 2.28. The zero-order chi connectivity index (χ0) is 26.8. The highest BCUT2D eigenvalue weighted by Crippen LogP contribution is 2.32. The number of imidazole rings is 1. The molecule has 3 aromatic heterocycles. The Bertz CT molecular complexity index is 1700. The molecule has 40 heavy (non-hydrogen) atoms. The Morgan fingerprint density at radius 1 is 0.950 bits per heavy atom. The monoisotopic (exact) mass is 554 g/mol. The second kappa shape index (κ2) is 11.8. The van der Waals surface area contributed by atoms with Crippen LogP contribution in [0.15, 0.2) is 84.2 Å². The number of anilines is 1. The van der Waals surface area contributed by atoms with Crippen molar-refractivity contribution < 1.29 is 0 Å². The van der Waals surface area contributed by atoms with Crippen molar-refractivity contribution in [1.29, 1.82) is 5.26 Å². The van der Waals surface area contributed by atoms with E-state index in [0.717, 1.165) is 42.2 Å². The maximum atomic E-state index is 14.1. The molecule has 1 saturated heterocycles. The average molecular weight is 555 g/mol. The normalized spacial score (nSPS) is 15.1. The van der Waals surface area contributed by atoms with Gasteiger partial charge in [-0.1, -0.05) is 60.7 Å². The summed E-state index contributed by atoms with van der Waals surface area (Å²) in [6.07, 6.45) is 7.08. The van der Waals surface area contributed by atoms with Gasteiger partial charge < -0.3 is 19.8 Å². The van der Waals surface area contributed by atoms with Crippen LogP contribution in [0.4, 0.5) is 5.82 Å². The zero-order valence-corrected chi connectivity index (χ0v) is 22.9. The third-order valence-electron chi connectivity index (χ3n) is 7.36. The quantitative estimate of drug-likeness (QED) is 0.328. The summed E-state index contributed by atoms with van der Waals surface area (Å²) in [6.45, 7) is 2.78. The van der Waals surface area contributed by atoms with Crippen molar-refractivity contribution in [2.75, 3.05) is 18.0 Å². The maximum Gasteiger partial charge on any atom is 0.278 e. The smallest absolute Gasteiger partial charge is 0.278 e. The predicted octanol–water partition coefficient (Wildman–Crippen LogP) is 3.76. The number of hydrogen-bond acceptors (Lipinski definition) is 6. The molecule has 2 aromatic carbocycles. The van der Waals surface area contributed by atoms with Gasteiger partial charge in [0.2, 0.25) is 0 Å². The molecule has 4 heterocycles. The van der Waals surface area contributed by atoms with Gasteiger partial charge in [0.1, 0.15) is 34.3 Å². The van der Waals surface area contributed by atoms with E-state index in [1.807, 2.05) is 63.9 Å². The van der Waals surface area contributed by atoms with Crippen LogP contribution in [0, 0.1) is 11.3 Å². The van der Waals surface area contributed by atoms with E-state index in [2.05, 4.69) is 33.1 Å². The number of hydrogen-bond donors (Lipinski definition) is 1. The molecule has 1 atom stereocenters. The summed E-state index contributed by atoms with van der Waals surface area (Å²) < 4.78 is 5.58. The molecule has 2 N–H and O–H groups in total. The standard InChI is InChI=1S/C30H30N8O.ClH/c31-16-25-27-28(38(18-23-10-5-2-6-11-23)29(25)36-14-7-12-24(32)19-36)30(39)37(21-34-27)20-26-33-13-15-35(26)17-22-8-3-1-4-9-22;/h1-6,8-11,13,15,21,24H,7,12,14,17-20,32H2;1H. The van der Waals surface area contributed by atoms with Crippen molar-refractivity contribution in [1.82, 2.24) is 23.7 Å². The van der Waals surface area contributed by atoms with Gasteiger partial charge in [-0.15, -0.1) is 12.4 Å². The molecule has 0 saturated carbocycles. The molecule has 0 aliphatic carbocycles. The van der Waals surface area contributed by atoms with Gasteiger partial charge in [0, 0.05) is 44.6 Å². The SMILES string of the molecule is Cl.N#Cc1c(N2CCCC(N)C2)n(Cc2ccccc2)c2c(=O)n(Cc3nccn3Cc3ccccc3)cnc12. The number of rotatable bonds is 7. The molecule has 6 rings (SSSR count). The predicted molar refractivity (Wildman–Crippen MR) is 158 cm³/mol. The summed E-state index contributed by atoms with van der Waals surface area (Å²) in [5.41, 5.74) is 9.59. The number of aromatic nitrogens is 5. The highest BCUT2D eigenvalue weighted by atomic mass is 35.5. The Morgan fingerprint density at radius 2 is 1.65 bits per heavy atom. The van der Waals surface area contributed by atoms with Crippen molar-refractivity contribution in [3.05, 3.63) is 112 Å². The second-order valence-electron chi connectivity index (χ2n) is 10.1. The van der Waals surface area contributed by atoms with Crippen molar-refractivity contribution >= 4 is 29.3 Å². The van der Waals surface area contributed by atoms with Gasteiger partial charge >= 0.3 is 0 Å². The average Bonchev–Trinajstić information content (AvgIpc) is 3.53. The molecule has 1 aliphatic rings. The van der Waals surface area contributed by atoms with Gasteiger partial charge in [0.05, 0.1) is 12.9 Å². The summed E-state index contributed by atoms with van der Waals surface area (Å²) >= 11 is 0. The minimum absolute atomic E-state index is 0. The first-order chi connectivity index (χ1) is 19.1. The number of nitrogens with two attached hydrogens (primary N) is 1. The van der Waals surface area contributed by atoms with Crippen LogP contribution in [0.25, 0.3) is 11.0 Å². The Morgan fingerprint density at radius 3 is 2.33 bits per heavy atom. The first kappa shape index (κ1) is 27.2. The topological polar surface area (TPSA) is 111 Å². The minimum Gasteiger partial charge on any atom is -0.355 e. The van der Waals surface area contributed by atoms with Gasteiger partial charge in [-0.25, -0.2) is 9.97 Å². The van der Waals surface area contributed by atoms with Crippen LogP contribution in [-0.4, -0.2) is 42.8 Å². The molecule has 0 radical (unpaired) electrons. The molecular formula is C30H31ClN8O. The minimum atomic E-state index is -0.200. The fourth-order valence-electron chi connectivity index (χ4n) is 5.49. The highest BCUT2D eigenvalue weighted by molar-refractivity contribution is 5.89. The van der Waals surface area contributed by atoms with E-state index in [0.29, 0.717) is 36.2 Å². The number of benzene rings is 2. The van der Waals surface area contributed by atoms with Crippen molar-refractivity contribution in [3.8, 4) is 6.07 Å². The summed E-state index contributed by atoms with van der Waals surface area (Å²) in [4.78, 5) is 25.4. The van der Waals surface area contributed by atoms with E-state index in [1.165, 1.54) is 6.33 Å². The Kier molecular flexibility index (Phi) is 8.01. The van der Waals surface area contributed by atoms with Crippen LogP contribution in [0.2, 0.25) is 0 Å². The molecular weight excluding hydrogens is 524 g/mol. The number of nitriles is 1. The molecule has 0 bridgehead atoms. The second-order valence-corrected chi connectivity index (χ2v) is 10.1. The van der Waals surface area contributed by atoms with E-state index >= 15 is 0 Å². The lowest BCUT2D eigenvalue weighted by Gasteiger charge is -2.33. The fourth-order valence-corrected chi connectivity index (χ4v) is 5.49. The summed E-state index contributed by atoms with van der Waals surface area (Å²) in [7, 11) is 0. The summed E-state index contributed by atoms with van der Waals surface area (Å²) in [5.74, 6) is 1.48. The summed E-state index contributed by atoms with van der Waals surface area (Å²) in [5, 5.41) is 10.3. The number of halogens is 1. The van der Waals surface area contributed by atoms with E-state index in [9.17, 15) is 10.1 Å². The largest absolute Gasteiger partial charge is 0.355 e. The molecule has 9 nitrogen and oxygen atoms in total. The third kappa shape index (κ3) is 5.24. The lowest BCUT2D eigenvalue weighted by Crippen LogP contribution is -2.44. The van der Waals surface area contributed by atoms with E-state index < -0.39 is 0 Å². The van der Waals surface area contributed by atoms with Crippen LogP contribution in [0.5, 0.6) is 0 Å². The molecule has 204 valence electrons. The molecule has 10 heteroatoms. The van der Waals surface area contributed by atoms with Gasteiger partial charge in [-0.05, 0) is 24.0 Å². The Hall–Kier alpha value is -4.39. The number of piperidine rings is 1. The Balaban J connectivity index is 0.00000323. The van der Waals surface area contributed by atoms with Gasteiger partial charge in [-0.3, -0.25) is 9.36 Å².